The standard InChI is InChI=1S/C22H24N2O5/c1-16(8-9-18-6-4-3-5-7-18)23-22(26)17(2)29-21(25)15-12-19-10-13-20(14-11-19)24(27)28/h3-7,10-17H,8-9H2,1-2H3,(H,23,26)/b15-12+/t16-,17-/m0/s1. The average Bonchev–Trinajstić information content (AvgIpc) is 2.71. The second-order valence-electron chi connectivity index (χ2n) is 6.70. The van der Waals surface area contributed by atoms with Gasteiger partial charge in [-0.05, 0) is 56.0 Å². The normalized spacial score (nSPS) is 12.9. The van der Waals surface area contributed by atoms with Crippen LogP contribution in [0.4, 0.5) is 5.69 Å². The number of carbonyl (C=O) groups is 2. The highest BCUT2D eigenvalue weighted by Crippen LogP contribution is 2.13. The van der Waals surface area contributed by atoms with Gasteiger partial charge in [0.2, 0.25) is 0 Å². The third-order valence-electron chi connectivity index (χ3n) is 4.28. The fraction of sp³-hybridized carbons (Fsp3) is 0.273. The molecule has 0 saturated heterocycles. The maximum Gasteiger partial charge on any atom is 0.331 e. The van der Waals surface area contributed by atoms with Crippen LogP contribution in [0.1, 0.15) is 31.4 Å². The number of hydrogen-bond acceptors (Lipinski definition) is 5. The third kappa shape index (κ3) is 7.57. The smallest absolute Gasteiger partial charge is 0.331 e. The Kier molecular flexibility index (Phi) is 8.09. The summed E-state index contributed by atoms with van der Waals surface area (Å²) < 4.78 is 5.11. The summed E-state index contributed by atoms with van der Waals surface area (Å²) in [7, 11) is 0. The van der Waals surface area contributed by atoms with E-state index in [1.165, 1.54) is 48.9 Å². The van der Waals surface area contributed by atoms with E-state index in [1.807, 2.05) is 37.3 Å². The van der Waals surface area contributed by atoms with E-state index >= 15 is 0 Å². The first-order valence-corrected chi connectivity index (χ1v) is 9.32. The van der Waals surface area contributed by atoms with Crippen LogP contribution in [-0.2, 0) is 20.7 Å². The van der Waals surface area contributed by atoms with Crippen LogP contribution in [0.5, 0.6) is 0 Å². The Morgan fingerprint density at radius 3 is 2.38 bits per heavy atom. The number of benzene rings is 2. The zero-order valence-electron chi connectivity index (χ0n) is 16.4. The Bertz CT molecular complexity index is 863. The summed E-state index contributed by atoms with van der Waals surface area (Å²) >= 11 is 0. The minimum atomic E-state index is -0.928. The number of carbonyl (C=O) groups excluding carboxylic acids is 2. The molecule has 0 aromatic heterocycles. The Balaban J connectivity index is 1.77. The van der Waals surface area contributed by atoms with E-state index < -0.39 is 17.0 Å². The molecule has 0 unspecified atom stereocenters. The molecule has 0 aliphatic carbocycles. The highest BCUT2D eigenvalue weighted by molar-refractivity contribution is 5.90. The zero-order chi connectivity index (χ0) is 21.2. The molecule has 29 heavy (non-hydrogen) atoms. The number of nitro groups is 1. The predicted molar refractivity (Wildman–Crippen MR) is 110 cm³/mol. The van der Waals surface area contributed by atoms with Gasteiger partial charge in [-0.1, -0.05) is 30.3 Å². The van der Waals surface area contributed by atoms with E-state index in [0.29, 0.717) is 5.56 Å². The van der Waals surface area contributed by atoms with E-state index in [1.54, 1.807) is 0 Å². The molecule has 0 aliphatic heterocycles. The van der Waals surface area contributed by atoms with Gasteiger partial charge in [0, 0.05) is 24.3 Å². The van der Waals surface area contributed by atoms with E-state index in [-0.39, 0.29) is 17.6 Å². The van der Waals surface area contributed by atoms with Crippen molar-refractivity contribution in [2.75, 3.05) is 0 Å². The molecule has 0 fully saturated rings. The van der Waals surface area contributed by atoms with Gasteiger partial charge in [-0.25, -0.2) is 4.79 Å². The minimum absolute atomic E-state index is 0.0311. The van der Waals surface area contributed by atoms with Crippen LogP contribution >= 0.6 is 0 Å². The molecule has 2 aromatic rings. The van der Waals surface area contributed by atoms with Gasteiger partial charge in [0.25, 0.3) is 11.6 Å². The second kappa shape index (κ2) is 10.8. The average molecular weight is 396 g/mol. The van der Waals surface area contributed by atoms with Crippen molar-refractivity contribution in [2.24, 2.45) is 0 Å². The first kappa shape index (κ1) is 21.8. The maximum atomic E-state index is 12.2. The van der Waals surface area contributed by atoms with Crippen LogP contribution in [0.15, 0.2) is 60.7 Å². The number of non-ortho nitro benzene ring substituents is 1. The van der Waals surface area contributed by atoms with Gasteiger partial charge in [-0.2, -0.15) is 0 Å². The quantitative estimate of drug-likeness (QED) is 0.302. The maximum absolute atomic E-state index is 12.2. The van der Waals surface area contributed by atoms with Crippen molar-refractivity contribution in [3.8, 4) is 0 Å². The molecule has 152 valence electrons. The Morgan fingerprint density at radius 2 is 1.76 bits per heavy atom. The number of amides is 1. The lowest BCUT2D eigenvalue weighted by Crippen LogP contribution is -2.40. The number of rotatable bonds is 9. The van der Waals surface area contributed by atoms with Crippen LogP contribution in [0.2, 0.25) is 0 Å². The monoisotopic (exact) mass is 396 g/mol. The van der Waals surface area contributed by atoms with Crippen molar-refractivity contribution in [2.45, 2.75) is 38.8 Å². The third-order valence-corrected chi connectivity index (χ3v) is 4.28. The molecule has 0 saturated carbocycles. The van der Waals surface area contributed by atoms with Gasteiger partial charge in [0.15, 0.2) is 6.10 Å². The summed E-state index contributed by atoms with van der Waals surface area (Å²) in [5.41, 5.74) is 1.78. The first-order chi connectivity index (χ1) is 13.8. The molecule has 0 radical (unpaired) electrons. The lowest BCUT2D eigenvalue weighted by Gasteiger charge is -2.17. The van der Waals surface area contributed by atoms with Crippen LogP contribution in [-0.4, -0.2) is 28.9 Å². The lowest BCUT2D eigenvalue weighted by molar-refractivity contribution is -0.384. The number of nitrogens with one attached hydrogen (secondary N) is 1. The molecule has 7 nitrogen and oxygen atoms in total. The molecule has 1 amide bonds. The Labute approximate surface area is 169 Å². The van der Waals surface area contributed by atoms with E-state index in [0.717, 1.165) is 12.8 Å². The SMILES string of the molecule is C[C@H](OC(=O)/C=C/c1ccc([N+](=O)[O-])cc1)C(=O)N[C@@H](C)CCc1ccccc1. The zero-order valence-corrected chi connectivity index (χ0v) is 16.4. The van der Waals surface area contributed by atoms with Crippen LogP contribution in [0, 0.1) is 10.1 Å². The topological polar surface area (TPSA) is 98.5 Å². The van der Waals surface area contributed by atoms with Gasteiger partial charge >= 0.3 is 5.97 Å². The predicted octanol–water partition coefficient (Wildman–Crippen LogP) is 3.68. The first-order valence-electron chi connectivity index (χ1n) is 9.32. The number of nitro benzene ring substituents is 1. The lowest BCUT2D eigenvalue weighted by atomic mass is 10.1. The van der Waals surface area contributed by atoms with Crippen molar-refractivity contribution < 1.29 is 19.2 Å². The van der Waals surface area contributed by atoms with E-state index in [9.17, 15) is 19.7 Å². The number of esters is 1. The van der Waals surface area contributed by atoms with Crippen molar-refractivity contribution in [1.82, 2.24) is 5.32 Å². The van der Waals surface area contributed by atoms with Gasteiger partial charge in [0.1, 0.15) is 0 Å². The molecule has 0 aliphatic rings. The minimum Gasteiger partial charge on any atom is -0.449 e. The summed E-state index contributed by atoms with van der Waals surface area (Å²) in [5, 5.41) is 13.5. The largest absolute Gasteiger partial charge is 0.449 e. The van der Waals surface area contributed by atoms with Crippen molar-refractivity contribution in [1.29, 1.82) is 0 Å². The number of aryl methyl sites for hydroxylation is 1. The fourth-order valence-corrected chi connectivity index (χ4v) is 2.60. The van der Waals surface area contributed by atoms with Crippen molar-refractivity contribution in [3.05, 3.63) is 81.9 Å². The summed E-state index contributed by atoms with van der Waals surface area (Å²) in [6.45, 7) is 3.42. The van der Waals surface area contributed by atoms with Crippen molar-refractivity contribution >= 4 is 23.6 Å². The molecule has 2 atom stereocenters. The van der Waals surface area contributed by atoms with Crippen LogP contribution in [0.25, 0.3) is 6.08 Å². The van der Waals surface area contributed by atoms with E-state index in [2.05, 4.69) is 5.32 Å². The molecule has 7 heteroatoms. The number of nitrogens with zero attached hydrogens (tertiary/aromatic N) is 1. The number of ether oxygens (including phenoxy) is 1. The van der Waals surface area contributed by atoms with E-state index in [4.69, 9.17) is 4.74 Å². The summed E-state index contributed by atoms with van der Waals surface area (Å²) in [5.74, 6) is -1.02. The molecule has 0 heterocycles. The molecule has 0 spiro atoms. The molecular formula is C22H24N2O5. The summed E-state index contributed by atoms with van der Waals surface area (Å²) in [6, 6.07) is 15.7. The highest BCUT2D eigenvalue weighted by Gasteiger charge is 2.18. The molecule has 2 aromatic carbocycles. The van der Waals surface area contributed by atoms with Gasteiger partial charge in [-0.3, -0.25) is 14.9 Å². The van der Waals surface area contributed by atoms with Crippen LogP contribution < -0.4 is 5.32 Å². The van der Waals surface area contributed by atoms with Gasteiger partial charge < -0.3 is 10.1 Å². The Hall–Kier alpha value is -3.48. The molecule has 2 rings (SSSR count). The molecule has 1 N–H and O–H groups in total. The van der Waals surface area contributed by atoms with Gasteiger partial charge in [-0.15, -0.1) is 0 Å². The fourth-order valence-electron chi connectivity index (χ4n) is 2.60. The highest BCUT2D eigenvalue weighted by atomic mass is 16.6. The summed E-state index contributed by atoms with van der Waals surface area (Å²) in [4.78, 5) is 34.2. The van der Waals surface area contributed by atoms with Crippen LogP contribution in [0.3, 0.4) is 0 Å². The molecule has 0 bridgehead atoms. The summed E-state index contributed by atoms with van der Waals surface area (Å²) in [6.07, 6.45) is 3.34. The van der Waals surface area contributed by atoms with Crippen molar-refractivity contribution in [3.63, 3.8) is 0 Å². The molecular weight excluding hydrogens is 372 g/mol. The van der Waals surface area contributed by atoms with Gasteiger partial charge in [0.05, 0.1) is 4.92 Å². The second-order valence-corrected chi connectivity index (χ2v) is 6.70. The Morgan fingerprint density at radius 1 is 1.10 bits per heavy atom. The number of hydrogen-bond donors (Lipinski definition) is 1.